The summed E-state index contributed by atoms with van der Waals surface area (Å²) in [6, 6.07) is 7.34. The lowest BCUT2D eigenvalue weighted by atomic mass is 9.99. The molecule has 1 atom stereocenters. The van der Waals surface area contributed by atoms with E-state index in [1.165, 1.54) is 18.7 Å². The second-order valence-electron chi connectivity index (χ2n) is 7.57. The van der Waals surface area contributed by atoms with Gasteiger partial charge in [0.2, 0.25) is 5.91 Å². The van der Waals surface area contributed by atoms with Gasteiger partial charge >= 0.3 is 0 Å². The van der Waals surface area contributed by atoms with Crippen molar-refractivity contribution in [3.8, 4) is 11.5 Å². The van der Waals surface area contributed by atoms with E-state index >= 15 is 0 Å². The lowest BCUT2D eigenvalue weighted by Gasteiger charge is -2.31. The summed E-state index contributed by atoms with van der Waals surface area (Å²) in [6.45, 7) is 5.73. The van der Waals surface area contributed by atoms with Gasteiger partial charge in [0.25, 0.3) is 5.56 Å². The van der Waals surface area contributed by atoms with E-state index in [1.807, 2.05) is 0 Å². The fourth-order valence-corrected chi connectivity index (χ4v) is 3.43. The minimum Gasteiger partial charge on any atom is -0.463 e. The molecule has 1 aliphatic heterocycles. The van der Waals surface area contributed by atoms with E-state index in [0.29, 0.717) is 23.2 Å². The Morgan fingerprint density at radius 2 is 2.03 bits per heavy atom. The number of rotatable bonds is 5. The average molecular weight is 408 g/mol. The van der Waals surface area contributed by atoms with Gasteiger partial charge in [-0.15, -0.1) is 0 Å². The first-order chi connectivity index (χ1) is 14.5. The van der Waals surface area contributed by atoms with Crippen LogP contribution < -0.4 is 15.8 Å². The molecule has 156 valence electrons. The van der Waals surface area contributed by atoms with Crippen LogP contribution in [0, 0.1) is 5.92 Å². The number of hydrogen-bond acceptors (Lipinski definition) is 7. The summed E-state index contributed by atoms with van der Waals surface area (Å²) in [5.41, 5.74) is 0.0988. The molecule has 0 saturated carbocycles. The third-order valence-corrected chi connectivity index (χ3v) is 5.36. The average Bonchev–Trinajstić information content (AvgIpc) is 3.29. The Morgan fingerprint density at radius 1 is 1.23 bits per heavy atom. The van der Waals surface area contributed by atoms with E-state index in [9.17, 15) is 9.59 Å². The van der Waals surface area contributed by atoms with Gasteiger partial charge in [-0.3, -0.25) is 9.59 Å². The van der Waals surface area contributed by atoms with E-state index in [-0.39, 0.29) is 5.56 Å². The van der Waals surface area contributed by atoms with Crippen LogP contribution in [0.5, 0.6) is 0 Å². The van der Waals surface area contributed by atoms with Crippen LogP contribution in [-0.4, -0.2) is 38.7 Å². The number of carbonyl (C=O) groups is 1. The first-order valence-electron chi connectivity index (χ1n) is 10.0. The van der Waals surface area contributed by atoms with E-state index in [0.717, 1.165) is 36.4 Å². The molecule has 0 radical (unpaired) electrons. The topological polar surface area (TPSA) is 106 Å². The van der Waals surface area contributed by atoms with E-state index in [2.05, 4.69) is 32.2 Å². The number of nitrogens with one attached hydrogen (secondary N) is 1. The molecule has 0 aliphatic carbocycles. The minimum atomic E-state index is -0.832. The van der Waals surface area contributed by atoms with Gasteiger partial charge in [-0.1, -0.05) is 6.92 Å². The summed E-state index contributed by atoms with van der Waals surface area (Å²) in [5.74, 6) is 2.03. The highest BCUT2D eigenvalue weighted by Crippen LogP contribution is 2.23. The number of aromatic nitrogens is 4. The van der Waals surface area contributed by atoms with Gasteiger partial charge in [-0.05, 0) is 43.9 Å². The van der Waals surface area contributed by atoms with E-state index in [4.69, 9.17) is 4.42 Å². The predicted molar refractivity (Wildman–Crippen MR) is 112 cm³/mol. The molecular weight excluding hydrogens is 384 g/mol. The van der Waals surface area contributed by atoms with Crippen LogP contribution in [0.3, 0.4) is 0 Å². The molecule has 9 heteroatoms. The molecule has 1 aliphatic rings. The quantitative estimate of drug-likeness (QED) is 0.692. The number of nitrogens with zero attached hydrogens (tertiary/aromatic N) is 5. The molecule has 0 aromatic carbocycles. The molecule has 3 aromatic heterocycles. The molecule has 0 spiro atoms. The number of amides is 1. The van der Waals surface area contributed by atoms with Gasteiger partial charge in [0.15, 0.2) is 5.76 Å². The monoisotopic (exact) mass is 408 g/mol. The molecule has 1 saturated heterocycles. The predicted octanol–water partition coefficient (Wildman–Crippen LogP) is 2.73. The van der Waals surface area contributed by atoms with Crippen molar-refractivity contribution in [1.82, 2.24) is 19.7 Å². The number of anilines is 2. The van der Waals surface area contributed by atoms with Crippen molar-refractivity contribution in [1.29, 1.82) is 0 Å². The normalized spacial score (nSPS) is 15.7. The highest BCUT2D eigenvalue weighted by molar-refractivity contribution is 5.92. The Hall–Kier alpha value is -3.49. The van der Waals surface area contributed by atoms with Crippen LogP contribution in [0.1, 0.15) is 32.7 Å². The molecule has 4 rings (SSSR count). The lowest BCUT2D eigenvalue weighted by Crippen LogP contribution is -2.34. The van der Waals surface area contributed by atoms with Crippen molar-refractivity contribution in [2.24, 2.45) is 5.92 Å². The minimum absolute atomic E-state index is 0.376. The second kappa shape index (κ2) is 8.48. The van der Waals surface area contributed by atoms with Crippen molar-refractivity contribution in [2.75, 3.05) is 23.3 Å². The molecule has 30 heavy (non-hydrogen) atoms. The Kier molecular flexibility index (Phi) is 5.60. The van der Waals surface area contributed by atoms with Crippen molar-refractivity contribution in [3.63, 3.8) is 0 Å². The zero-order valence-electron chi connectivity index (χ0n) is 17.0. The maximum atomic E-state index is 12.8. The van der Waals surface area contributed by atoms with Crippen molar-refractivity contribution >= 4 is 17.5 Å². The first kappa shape index (κ1) is 19.8. The van der Waals surface area contributed by atoms with Gasteiger partial charge in [-0.2, -0.15) is 5.10 Å². The van der Waals surface area contributed by atoms with Crippen LogP contribution in [-0.2, 0) is 4.79 Å². The number of furan rings is 1. The number of piperidine rings is 1. The largest absolute Gasteiger partial charge is 0.463 e. The Morgan fingerprint density at radius 3 is 2.77 bits per heavy atom. The van der Waals surface area contributed by atoms with Gasteiger partial charge in [0, 0.05) is 25.2 Å². The van der Waals surface area contributed by atoms with Crippen molar-refractivity contribution in [2.45, 2.75) is 32.7 Å². The summed E-state index contributed by atoms with van der Waals surface area (Å²) in [4.78, 5) is 35.8. The maximum absolute atomic E-state index is 12.8. The zero-order valence-corrected chi connectivity index (χ0v) is 17.0. The molecule has 1 unspecified atom stereocenters. The molecule has 3 aromatic rings. The van der Waals surface area contributed by atoms with Crippen LogP contribution in [0.15, 0.2) is 52.1 Å². The molecule has 1 amide bonds. The van der Waals surface area contributed by atoms with Crippen molar-refractivity contribution < 1.29 is 9.21 Å². The lowest BCUT2D eigenvalue weighted by molar-refractivity contribution is -0.119. The zero-order chi connectivity index (χ0) is 21.1. The SMILES string of the molecule is CC1CCN(c2cc(NC(=O)C(C)n3nc(-c4ccco4)ccc3=O)ncn2)CC1. The van der Waals surface area contributed by atoms with Crippen LogP contribution in [0.2, 0.25) is 0 Å². The van der Waals surface area contributed by atoms with Crippen LogP contribution >= 0.6 is 0 Å². The van der Waals surface area contributed by atoms with Gasteiger partial charge in [0.05, 0.1) is 6.26 Å². The standard InChI is InChI=1S/C21H24N6O3/c1-14-7-9-26(10-8-14)19-12-18(22-13-23-19)24-21(29)15(2)27-20(28)6-5-16(25-27)17-4-3-11-30-17/h3-6,11-15H,7-10H2,1-2H3,(H,22,23,24,29). The maximum Gasteiger partial charge on any atom is 0.267 e. The highest BCUT2D eigenvalue weighted by Gasteiger charge is 2.21. The Bertz CT molecular complexity index is 1070. The summed E-state index contributed by atoms with van der Waals surface area (Å²) >= 11 is 0. The van der Waals surface area contributed by atoms with Gasteiger partial charge in [-0.25, -0.2) is 14.6 Å². The molecule has 9 nitrogen and oxygen atoms in total. The number of hydrogen-bond donors (Lipinski definition) is 1. The molecule has 1 fully saturated rings. The summed E-state index contributed by atoms with van der Waals surface area (Å²) < 4.78 is 6.47. The summed E-state index contributed by atoms with van der Waals surface area (Å²) in [6.07, 6.45) is 5.19. The summed E-state index contributed by atoms with van der Waals surface area (Å²) in [5, 5.41) is 7.05. The third-order valence-electron chi connectivity index (χ3n) is 5.36. The summed E-state index contributed by atoms with van der Waals surface area (Å²) in [7, 11) is 0. The van der Waals surface area contributed by atoms with Gasteiger partial charge in [0.1, 0.15) is 29.7 Å². The third kappa shape index (κ3) is 4.24. The van der Waals surface area contributed by atoms with Crippen molar-refractivity contribution in [3.05, 3.63) is 53.3 Å². The van der Waals surface area contributed by atoms with Crippen LogP contribution in [0.25, 0.3) is 11.5 Å². The van der Waals surface area contributed by atoms with E-state index < -0.39 is 11.9 Å². The highest BCUT2D eigenvalue weighted by atomic mass is 16.3. The van der Waals surface area contributed by atoms with E-state index in [1.54, 1.807) is 31.2 Å². The molecular formula is C21H24N6O3. The molecule has 0 bridgehead atoms. The smallest absolute Gasteiger partial charge is 0.267 e. The Labute approximate surface area is 173 Å². The van der Waals surface area contributed by atoms with Crippen LogP contribution in [0.4, 0.5) is 11.6 Å². The Balaban J connectivity index is 1.50. The second-order valence-corrected chi connectivity index (χ2v) is 7.57. The van der Waals surface area contributed by atoms with Gasteiger partial charge < -0.3 is 14.6 Å². The molecule has 4 heterocycles. The fourth-order valence-electron chi connectivity index (χ4n) is 3.43. The number of carbonyl (C=O) groups excluding carboxylic acids is 1. The fraction of sp³-hybridized carbons (Fsp3) is 0.381. The first-order valence-corrected chi connectivity index (χ1v) is 10.0. The molecule has 1 N–H and O–H groups in total.